The lowest BCUT2D eigenvalue weighted by molar-refractivity contribution is -0.194. The third kappa shape index (κ3) is 3.54. The molecule has 3 fully saturated rings. The summed E-state index contributed by atoms with van der Waals surface area (Å²) >= 11 is 0. The number of rotatable bonds is 6. The number of cyclic esters (lactones) is 1. The maximum atomic E-state index is 13.2. The van der Waals surface area contributed by atoms with Gasteiger partial charge < -0.3 is 23.4 Å². The second-order valence-electron chi connectivity index (χ2n) is 9.49. The average molecular weight is 434 g/mol. The first kappa shape index (κ1) is 21.9. The Morgan fingerprint density at radius 3 is 2.65 bits per heavy atom. The minimum absolute atomic E-state index is 0.0364. The number of carbonyl (C=O) groups excluding carboxylic acids is 3. The fourth-order valence-electron chi connectivity index (χ4n) is 6.42. The minimum atomic E-state index is -0.746. The molecule has 0 radical (unpaired) electrons. The van der Waals surface area contributed by atoms with Crippen molar-refractivity contribution in [1.82, 2.24) is 0 Å². The van der Waals surface area contributed by atoms with E-state index in [2.05, 4.69) is 13.8 Å². The first-order valence-corrected chi connectivity index (χ1v) is 10.8. The van der Waals surface area contributed by atoms with Crippen LogP contribution in [0.25, 0.3) is 0 Å². The summed E-state index contributed by atoms with van der Waals surface area (Å²) in [6, 6.07) is 1.81. The standard InChI is InChI=1S/C23H30O8/c1-13(24)29-8-5-6-17-22(2)10-15(14-7-9-28-12-14)31-20(25)18(22)16-11-23(17,3)19(30-16)21(26)27-4/h7,9,12,15-19H,5-6,8,10-11H2,1-4H3. The Labute approximate surface area is 181 Å². The molecule has 3 heterocycles. The highest BCUT2D eigenvalue weighted by Gasteiger charge is 2.69. The summed E-state index contributed by atoms with van der Waals surface area (Å²) in [5, 5.41) is 0. The number of hydrogen-bond donors (Lipinski definition) is 0. The molecule has 2 bridgehead atoms. The van der Waals surface area contributed by atoms with Gasteiger partial charge in [0.2, 0.25) is 0 Å². The van der Waals surface area contributed by atoms with Crippen LogP contribution in [-0.4, -0.2) is 43.8 Å². The van der Waals surface area contributed by atoms with Crippen LogP contribution in [-0.2, 0) is 33.3 Å². The van der Waals surface area contributed by atoms with Gasteiger partial charge in [-0.05, 0) is 43.1 Å². The number of methoxy groups -OCH3 is 1. The quantitative estimate of drug-likeness (QED) is 0.382. The summed E-state index contributed by atoms with van der Waals surface area (Å²) in [4.78, 5) is 37.0. The van der Waals surface area contributed by atoms with Crippen LogP contribution in [0, 0.1) is 22.7 Å². The van der Waals surface area contributed by atoms with Crippen LogP contribution in [0.15, 0.2) is 23.0 Å². The van der Waals surface area contributed by atoms with E-state index in [4.69, 9.17) is 23.4 Å². The summed E-state index contributed by atoms with van der Waals surface area (Å²) < 4.78 is 27.4. The van der Waals surface area contributed by atoms with Crippen LogP contribution < -0.4 is 0 Å². The van der Waals surface area contributed by atoms with Crippen LogP contribution in [0.5, 0.6) is 0 Å². The summed E-state index contributed by atoms with van der Waals surface area (Å²) in [6.45, 7) is 5.84. The van der Waals surface area contributed by atoms with Gasteiger partial charge in [0.25, 0.3) is 0 Å². The van der Waals surface area contributed by atoms with Gasteiger partial charge in [-0.15, -0.1) is 0 Å². The van der Waals surface area contributed by atoms with Crippen molar-refractivity contribution in [3.63, 3.8) is 0 Å². The smallest absolute Gasteiger partial charge is 0.335 e. The number of carbonyl (C=O) groups is 3. The molecule has 1 saturated carbocycles. The van der Waals surface area contributed by atoms with Gasteiger partial charge in [0, 0.05) is 17.9 Å². The predicted octanol–water partition coefficient (Wildman–Crippen LogP) is 3.20. The SMILES string of the molecule is COC(=O)C1OC2CC1(C)C(CCCOC(C)=O)C1(C)CC(c3ccoc3)OC(=O)C21. The Bertz CT molecular complexity index is 848. The molecule has 4 rings (SSSR count). The Hall–Kier alpha value is -2.35. The largest absolute Gasteiger partial charge is 0.472 e. The van der Waals surface area contributed by atoms with Crippen LogP contribution in [0.2, 0.25) is 0 Å². The summed E-state index contributed by atoms with van der Waals surface area (Å²) in [7, 11) is 1.35. The maximum Gasteiger partial charge on any atom is 0.335 e. The van der Waals surface area contributed by atoms with E-state index in [9.17, 15) is 14.4 Å². The van der Waals surface area contributed by atoms with Crippen molar-refractivity contribution in [3.05, 3.63) is 24.2 Å². The minimum Gasteiger partial charge on any atom is -0.472 e. The monoisotopic (exact) mass is 434 g/mol. The Morgan fingerprint density at radius 2 is 2.00 bits per heavy atom. The van der Waals surface area contributed by atoms with Gasteiger partial charge in [-0.2, -0.15) is 0 Å². The predicted molar refractivity (Wildman–Crippen MR) is 107 cm³/mol. The van der Waals surface area contributed by atoms with Gasteiger partial charge in [-0.25, -0.2) is 4.79 Å². The molecule has 2 aliphatic heterocycles. The molecule has 31 heavy (non-hydrogen) atoms. The molecule has 1 aromatic heterocycles. The molecule has 3 aliphatic rings. The molecule has 7 unspecified atom stereocenters. The maximum absolute atomic E-state index is 13.2. The Kier molecular flexibility index (Phi) is 5.62. The lowest BCUT2D eigenvalue weighted by Gasteiger charge is -2.56. The van der Waals surface area contributed by atoms with Crippen LogP contribution in [0.3, 0.4) is 0 Å². The van der Waals surface area contributed by atoms with Crippen molar-refractivity contribution in [3.8, 4) is 0 Å². The van der Waals surface area contributed by atoms with Crippen molar-refractivity contribution in [2.45, 2.75) is 64.8 Å². The van der Waals surface area contributed by atoms with Crippen molar-refractivity contribution in [2.75, 3.05) is 13.7 Å². The molecule has 8 nitrogen and oxygen atoms in total. The molecule has 0 aromatic carbocycles. The van der Waals surface area contributed by atoms with Crippen molar-refractivity contribution in [1.29, 1.82) is 0 Å². The second-order valence-corrected chi connectivity index (χ2v) is 9.49. The Morgan fingerprint density at radius 1 is 1.23 bits per heavy atom. The number of esters is 3. The van der Waals surface area contributed by atoms with E-state index in [1.165, 1.54) is 14.0 Å². The molecule has 170 valence electrons. The first-order chi connectivity index (χ1) is 14.7. The first-order valence-electron chi connectivity index (χ1n) is 10.8. The van der Waals surface area contributed by atoms with Crippen LogP contribution in [0.4, 0.5) is 0 Å². The zero-order valence-electron chi connectivity index (χ0n) is 18.4. The Balaban J connectivity index is 1.69. The normalized spacial score (nSPS) is 38.8. The summed E-state index contributed by atoms with van der Waals surface area (Å²) in [5.41, 5.74) is -0.147. The highest BCUT2D eigenvalue weighted by atomic mass is 16.6. The molecule has 7 atom stereocenters. The van der Waals surface area contributed by atoms with E-state index in [1.807, 2.05) is 6.07 Å². The van der Waals surface area contributed by atoms with E-state index in [0.717, 1.165) is 5.56 Å². The van der Waals surface area contributed by atoms with Crippen LogP contribution in [0.1, 0.15) is 58.1 Å². The molecule has 1 aliphatic carbocycles. The van der Waals surface area contributed by atoms with Gasteiger partial charge >= 0.3 is 17.9 Å². The fourth-order valence-corrected chi connectivity index (χ4v) is 6.42. The molecule has 0 amide bonds. The van der Waals surface area contributed by atoms with E-state index in [-0.39, 0.29) is 17.9 Å². The topological polar surface area (TPSA) is 101 Å². The van der Waals surface area contributed by atoms with Gasteiger partial charge in [0.15, 0.2) is 6.10 Å². The molecule has 2 saturated heterocycles. The molecule has 0 N–H and O–H groups in total. The van der Waals surface area contributed by atoms with Gasteiger partial charge in [0.05, 0.1) is 38.3 Å². The fraction of sp³-hybridized carbons (Fsp3) is 0.696. The lowest BCUT2D eigenvalue weighted by atomic mass is 9.48. The van der Waals surface area contributed by atoms with Crippen molar-refractivity contribution in [2.24, 2.45) is 22.7 Å². The lowest BCUT2D eigenvalue weighted by Crippen LogP contribution is -2.58. The van der Waals surface area contributed by atoms with Crippen molar-refractivity contribution >= 4 is 17.9 Å². The zero-order chi connectivity index (χ0) is 22.4. The number of hydrogen-bond acceptors (Lipinski definition) is 8. The third-order valence-electron chi connectivity index (χ3n) is 7.64. The molecular weight excluding hydrogens is 404 g/mol. The van der Waals surface area contributed by atoms with Gasteiger partial charge in [-0.1, -0.05) is 13.8 Å². The zero-order valence-corrected chi connectivity index (χ0v) is 18.4. The number of ether oxygens (including phenoxy) is 4. The van der Waals surface area contributed by atoms with Crippen LogP contribution >= 0.6 is 0 Å². The molecular formula is C23H30O8. The van der Waals surface area contributed by atoms with E-state index in [1.54, 1.807) is 12.5 Å². The third-order valence-corrected chi connectivity index (χ3v) is 7.64. The van der Waals surface area contributed by atoms with E-state index in [0.29, 0.717) is 32.3 Å². The summed E-state index contributed by atoms with van der Waals surface area (Å²) in [6.07, 6.45) is 4.10. The van der Waals surface area contributed by atoms with Crippen molar-refractivity contribution < 1.29 is 37.7 Å². The highest BCUT2D eigenvalue weighted by molar-refractivity contribution is 5.79. The van der Waals surface area contributed by atoms with Gasteiger partial charge in [0.1, 0.15) is 6.10 Å². The number of furan rings is 1. The highest BCUT2D eigenvalue weighted by Crippen LogP contribution is 2.66. The van der Waals surface area contributed by atoms with Gasteiger partial charge in [-0.3, -0.25) is 9.59 Å². The number of fused-ring (bicyclic) bond motifs is 4. The molecule has 0 spiro atoms. The van der Waals surface area contributed by atoms with E-state index >= 15 is 0 Å². The van der Waals surface area contributed by atoms with E-state index < -0.39 is 41.0 Å². The second kappa shape index (κ2) is 7.97. The molecule has 1 aromatic rings. The average Bonchev–Trinajstić information content (AvgIpc) is 3.33. The summed E-state index contributed by atoms with van der Waals surface area (Å²) in [5.74, 6) is -1.56. The molecule has 8 heteroatoms.